The maximum atomic E-state index is 4.24. The van der Waals surface area contributed by atoms with Gasteiger partial charge in [-0.2, -0.15) is 0 Å². The number of para-hydroxylation sites is 1. The Balaban J connectivity index is 2.68. The largest absolute Gasteiger partial charge is 0.290 e. The standard InChI is InChI=1S/C9H6N2S/c1-2-4-8-7(3-1)11-6-5-10-9(11)12-8/h1-6H. The van der Waals surface area contributed by atoms with Crippen molar-refractivity contribution in [2.75, 3.05) is 0 Å². The van der Waals surface area contributed by atoms with E-state index < -0.39 is 0 Å². The van der Waals surface area contributed by atoms with E-state index >= 15 is 0 Å². The molecule has 0 unspecified atom stereocenters. The van der Waals surface area contributed by atoms with Gasteiger partial charge in [-0.3, -0.25) is 4.40 Å². The highest BCUT2D eigenvalue weighted by Crippen LogP contribution is 2.24. The lowest BCUT2D eigenvalue weighted by molar-refractivity contribution is 1.30. The number of hydrogen-bond acceptors (Lipinski definition) is 2. The van der Waals surface area contributed by atoms with Crippen LogP contribution in [0.3, 0.4) is 0 Å². The van der Waals surface area contributed by atoms with Crippen LogP contribution in [0.4, 0.5) is 0 Å². The molecule has 0 atom stereocenters. The minimum atomic E-state index is 1.07. The lowest BCUT2D eigenvalue weighted by Gasteiger charge is -1.86. The molecular weight excluding hydrogens is 168 g/mol. The smallest absolute Gasteiger partial charge is 0.194 e. The summed E-state index contributed by atoms with van der Waals surface area (Å²) >= 11 is 1.72. The quantitative estimate of drug-likeness (QED) is 0.512. The van der Waals surface area contributed by atoms with E-state index in [1.807, 2.05) is 12.4 Å². The molecule has 2 nitrogen and oxygen atoms in total. The summed E-state index contributed by atoms with van der Waals surface area (Å²) in [6, 6.07) is 8.34. The van der Waals surface area contributed by atoms with Crippen LogP contribution in [0.2, 0.25) is 0 Å². The Hall–Kier alpha value is -1.35. The molecule has 0 fully saturated rings. The second-order valence-corrected chi connectivity index (χ2v) is 3.66. The van der Waals surface area contributed by atoms with E-state index in [1.54, 1.807) is 11.3 Å². The molecule has 0 aliphatic heterocycles. The van der Waals surface area contributed by atoms with Crippen LogP contribution < -0.4 is 0 Å². The van der Waals surface area contributed by atoms with Gasteiger partial charge in [-0.1, -0.05) is 23.5 Å². The average Bonchev–Trinajstić information content (AvgIpc) is 2.62. The summed E-state index contributed by atoms with van der Waals surface area (Å²) in [5.74, 6) is 0. The highest BCUT2D eigenvalue weighted by atomic mass is 32.1. The van der Waals surface area contributed by atoms with Crippen molar-refractivity contribution in [1.82, 2.24) is 9.38 Å². The summed E-state index contributed by atoms with van der Waals surface area (Å²) in [6.07, 6.45) is 3.83. The summed E-state index contributed by atoms with van der Waals surface area (Å²) in [4.78, 5) is 5.30. The topological polar surface area (TPSA) is 17.3 Å². The molecule has 0 spiro atoms. The molecule has 0 bridgehead atoms. The van der Waals surface area contributed by atoms with Crippen molar-refractivity contribution >= 4 is 26.5 Å². The zero-order valence-corrected chi connectivity index (χ0v) is 7.08. The van der Waals surface area contributed by atoms with Gasteiger partial charge in [-0.25, -0.2) is 4.98 Å². The van der Waals surface area contributed by atoms with E-state index in [4.69, 9.17) is 0 Å². The Kier molecular flexibility index (Phi) is 1.07. The SMILES string of the molecule is c1ccc2c(c1)sc1nccn12. The first-order valence-corrected chi connectivity index (χ1v) is 4.57. The Morgan fingerprint density at radius 1 is 1.25 bits per heavy atom. The molecule has 1 aromatic carbocycles. The van der Waals surface area contributed by atoms with Crippen molar-refractivity contribution in [2.24, 2.45) is 0 Å². The van der Waals surface area contributed by atoms with Crippen molar-refractivity contribution in [2.45, 2.75) is 0 Å². The molecular formula is C9H6N2S. The minimum absolute atomic E-state index is 1.07. The summed E-state index contributed by atoms with van der Waals surface area (Å²) in [5.41, 5.74) is 1.25. The number of rotatable bonds is 0. The Bertz CT molecular complexity index is 534. The number of hydrogen-bond donors (Lipinski definition) is 0. The van der Waals surface area contributed by atoms with Gasteiger partial charge in [0.05, 0.1) is 10.2 Å². The minimum Gasteiger partial charge on any atom is -0.290 e. The zero-order chi connectivity index (χ0) is 7.97. The van der Waals surface area contributed by atoms with E-state index in [0.29, 0.717) is 0 Å². The number of aromatic nitrogens is 2. The molecule has 0 N–H and O–H groups in total. The molecule has 0 amide bonds. The van der Waals surface area contributed by atoms with E-state index in [1.165, 1.54) is 10.2 Å². The normalized spacial score (nSPS) is 11.3. The molecule has 0 aliphatic carbocycles. The summed E-state index contributed by atoms with van der Waals surface area (Å²) < 4.78 is 3.40. The van der Waals surface area contributed by atoms with Gasteiger partial charge in [0.1, 0.15) is 0 Å². The first-order chi connectivity index (χ1) is 5.95. The van der Waals surface area contributed by atoms with Gasteiger partial charge in [0.25, 0.3) is 0 Å². The first kappa shape index (κ1) is 6.20. The van der Waals surface area contributed by atoms with Crippen LogP contribution in [0.1, 0.15) is 0 Å². The molecule has 3 rings (SSSR count). The molecule has 58 valence electrons. The monoisotopic (exact) mass is 174 g/mol. The Morgan fingerprint density at radius 3 is 3.17 bits per heavy atom. The summed E-state index contributed by atoms with van der Waals surface area (Å²) in [7, 11) is 0. The van der Waals surface area contributed by atoms with Crippen LogP contribution in [-0.4, -0.2) is 9.38 Å². The van der Waals surface area contributed by atoms with Crippen molar-refractivity contribution in [3.63, 3.8) is 0 Å². The maximum absolute atomic E-state index is 4.24. The fourth-order valence-electron chi connectivity index (χ4n) is 1.39. The van der Waals surface area contributed by atoms with Crippen molar-refractivity contribution in [3.8, 4) is 0 Å². The van der Waals surface area contributed by atoms with Crippen LogP contribution in [-0.2, 0) is 0 Å². The molecule has 0 radical (unpaired) electrons. The zero-order valence-electron chi connectivity index (χ0n) is 6.27. The molecule has 0 aliphatic rings. The van der Waals surface area contributed by atoms with Gasteiger partial charge in [-0.05, 0) is 12.1 Å². The maximum Gasteiger partial charge on any atom is 0.194 e. The van der Waals surface area contributed by atoms with Gasteiger partial charge in [0, 0.05) is 12.4 Å². The number of nitrogens with zero attached hydrogens (tertiary/aromatic N) is 2. The molecule has 0 saturated carbocycles. The second kappa shape index (κ2) is 2.08. The van der Waals surface area contributed by atoms with Gasteiger partial charge >= 0.3 is 0 Å². The second-order valence-electron chi connectivity index (χ2n) is 2.65. The van der Waals surface area contributed by atoms with E-state index in [2.05, 4.69) is 33.7 Å². The molecule has 0 saturated heterocycles. The van der Waals surface area contributed by atoms with Crippen molar-refractivity contribution in [1.29, 1.82) is 0 Å². The number of imidazole rings is 1. The highest BCUT2D eigenvalue weighted by Gasteiger charge is 2.01. The van der Waals surface area contributed by atoms with Gasteiger partial charge in [0.15, 0.2) is 4.96 Å². The van der Waals surface area contributed by atoms with Crippen LogP contribution in [0.25, 0.3) is 15.2 Å². The molecule has 3 heteroatoms. The van der Waals surface area contributed by atoms with Crippen LogP contribution >= 0.6 is 11.3 Å². The summed E-state index contributed by atoms with van der Waals surface area (Å²) in [5, 5.41) is 0. The van der Waals surface area contributed by atoms with Gasteiger partial charge in [-0.15, -0.1) is 0 Å². The molecule has 2 heterocycles. The van der Waals surface area contributed by atoms with Gasteiger partial charge in [0.2, 0.25) is 0 Å². The van der Waals surface area contributed by atoms with E-state index in [9.17, 15) is 0 Å². The number of fused-ring (bicyclic) bond motifs is 3. The van der Waals surface area contributed by atoms with E-state index in [0.717, 1.165) is 4.96 Å². The highest BCUT2D eigenvalue weighted by molar-refractivity contribution is 7.23. The van der Waals surface area contributed by atoms with E-state index in [-0.39, 0.29) is 0 Å². The molecule has 3 aromatic rings. The Labute approximate surface area is 73.1 Å². The molecule has 12 heavy (non-hydrogen) atoms. The third kappa shape index (κ3) is 0.662. The third-order valence-electron chi connectivity index (χ3n) is 1.93. The van der Waals surface area contributed by atoms with Crippen molar-refractivity contribution < 1.29 is 0 Å². The number of benzene rings is 1. The average molecular weight is 174 g/mol. The lowest BCUT2D eigenvalue weighted by atomic mass is 10.3. The lowest BCUT2D eigenvalue weighted by Crippen LogP contribution is -1.73. The number of thiazole rings is 1. The van der Waals surface area contributed by atoms with Crippen LogP contribution in [0, 0.1) is 0 Å². The summed E-state index contributed by atoms with van der Waals surface area (Å²) in [6.45, 7) is 0. The van der Waals surface area contributed by atoms with Crippen LogP contribution in [0.5, 0.6) is 0 Å². The predicted octanol–water partition coefficient (Wildman–Crippen LogP) is 2.55. The van der Waals surface area contributed by atoms with Crippen LogP contribution in [0.15, 0.2) is 36.7 Å². The first-order valence-electron chi connectivity index (χ1n) is 3.76. The van der Waals surface area contributed by atoms with Crippen molar-refractivity contribution in [3.05, 3.63) is 36.7 Å². The predicted molar refractivity (Wildman–Crippen MR) is 50.6 cm³/mol. The Morgan fingerprint density at radius 2 is 2.17 bits per heavy atom. The fraction of sp³-hybridized carbons (Fsp3) is 0. The molecule has 2 aromatic heterocycles. The third-order valence-corrected chi connectivity index (χ3v) is 2.98. The van der Waals surface area contributed by atoms with Gasteiger partial charge < -0.3 is 0 Å². The fourth-order valence-corrected chi connectivity index (χ4v) is 2.37.